The number of halogens is 1. The lowest BCUT2D eigenvalue weighted by Gasteiger charge is -2.14. The van der Waals surface area contributed by atoms with Crippen molar-refractivity contribution in [1.82, 2.24) is 9.97 Å². The van der Waals surface area contributed by atoms with Crippen molar-refractivity contribution in [3.05, 3.63) is 46.4 Å². The van der Waals surface area contributed by atoms with Gasteiger partial charge in [-0.2, -0.15) is 0 Å². The number of hydrogen-bond acceptors (Lipinski definition) is 4. The van der Waals surface area contributed by atoms with Crippen molar-refractivity contribution in [2.45, 2.75) is 40.2 Å². The fraction of sp³-hybridized carbons (Fsp3) is 0.353. The van der Waals surface area contributed by atoms with Gasteiger partial charge in [-0.1, -0.05) is 18.5 Å². The highest BCUT2D eigenvalue weighted by Gasteiger charge is 2.13. The maximum Gasteiger partial charge on any atom is 0.274 e. The summed E-state index contributed by atoms with van der Waals surface area (Å²) in [5.74, 6) is 0.939. The van der Waals surface area contributed by atoms with E-state index < -0.39 is 0 Å². The van der Waals surface area contributed by atoms with Gasteiger partial charge in [0, 0.05) is 22.8 Å². The topological polar surface area (TPSA) is 66.9 Å². The molecular weight excluding hydrogens is 312 g/mol. The van der Waals surface area contributed by atoms with E-state index in [1.807, 2.05) is 6.92 Å². The van der Waals surface area contributed by atoms with Crippen LogP contribution in [0.1, 0.15) is 42.1 Å². The Bertz CT molecular complexity index is 718. The second kappa shape index (κ2) is 7.42. The van der Waals surface area contributed by atoms with E-state index in [0.29, 0.717) is 28.0 Å². The Hall–Kier alpha value is -2.14. The first-order chi connectivity index (χ1) is 10.9. The van der Waals surface area contributed by atoms with Crippen molar-refractivity contribution in [3.63, 3.8) is 0 Å². The Labute approximate surface area is 141 Å². The Morgan fingerprint density at radius 1 is 1.26 bits per heavy atom. The summed E-state index contributed by atoms with van der Waals surface area (Å²) in [6, 6.07) is 7.27. The first-order valence-corrected chi connectivity index (χ1v) is 7.96. The molecule has 6 heteroatoms. The second-order valence-electron chi connectivity index (χ2n) is 5.55. The second-order valence-corrected chi connectivity index (χ2v) is 5.99. The van der Waals surface area contributed by atoms with Crippen molar-refractivity contribution in [1.29, 1.82) is 0 Å². The minimum atomic E-state index is -0.270. The predicted octanol–water partition coefficient (Wildman–Crippen LogP) is 4.21. The molecule has 0 saturated carbocycles. The van der Waals surface area contributed by atoms with E-state index in [1.165, 1.54) is 0 Å². The maximum absolute atomic E-state index is 12.4. The summed E-state index contributed by atoms with van der Waals surface area (Å²) < 4.78 is 0. The van der Waals surface area contributed by atoms with Gasteiger partial charge in [0.1, 0.15) is 17.3 Å². The zero-order valence-electron chi connectivity index (χ0n) is 13.8. The van der Waals surface area contributed by atoms with E-state index in [9.17, 15) is 4.79 Å². The van der Waals surface area contributed by atoms with E-state index in [4.69, 9.17) is 11.6 Å². The molecule has 1 atom stereocenters. The highest BCUT2D eigenvalue weighted by Crippen LogP contribution is 2.20. The first kappa shape index (κ1) is 17.2. The average molecular weight is 333 g/mol. The van der Waals surface area contributed by atoms with Crippen LogP contribution in [0, 0.1) is 13.8 Å². The third kappa shape index (κ3) is 4.66. The van der Waals surface area contributed by atoms with Crippen LogP contribution in [-0.2, 0) is 0 Å². The number of aromatic nitrogens is 2. The number of rotatable bonds is 5. The van der Waals surface area contributed by atoms with E-state index in [1.54, 1.807) is 31.2 Å². The summed E-state index contributed by atoms with van der Waals surface area (Å²) in [6.45, 7) is 7.81. The quantitative estimate of drug-likeness (QED) is 0.860. The Balaban J connectivity index is 2.21. The van der Waals surface area contributed by atoms with Crippen LogP contribution in [0.15, 0.2) is 24.3 Å². The van der Waals surface area contributed by atoms with E-state index >= 15 is 0 Å². The number of amides is 1. The summed E-state index contributed by atoms with van der Waals surface area (Å²) in [4.78, 5) is 21.0. The van der Waals surface area contributed by atoms with Gasteiger partial charge in [0.05, 0.1) is 0 Å². The highest BCUT2D eigenvalue weighted by molar-refractivity contribution is 6.30. The molecule has 0 saturated heterocycles. The van der Waals surface area contributed by atoms with E-state index in [-0.39, 0.29) is 11.9 Å². The summed E-state index contributed by atoms with van der Waals surface area (Å²) in [5, 5.41) is 6.76. The van der Waals surface area contributed by atoms with Crippen molar-refractivity contribution in [2.75, 3.05) is 10.6 Å². The zero-order valence-corrected chi connectivity index (χ0v) is 14.5. The lowest BCUT2D eigenvalue weighted by Crippen LogP contribution is -2.19. The van der Waals surface area contributed by atoms with Gasteiger partial charge in [0.2, 0.25) is 0 Å². The fourth-order valence-corrected chi connectivity index (χ4v) is 2.29. The molecule has 2 rings (SSSR count). The number of carbonyl (C=O) groups excluding carboxylic acids is 1. The molecule has 23 heavy (non-hydrogen) atoms. The molecule has 5 nitrogen and oxygen atoms in total. The standard InChI is InChI=1S/C17H21ClN4O/c1-5-11(3)19-16-9-15(20-12(4)21-16)17(23)22-14-7-6-13(18)8-10(14)2/h6-9,11H,5H2,1-4H3,(H,22,23)(H,19,20,21). The molecule has 122 valence electrons. The molecule has 1 aromatic heterocycles. The smallest absolute Gasteiger partial charge is 0.274 e. The molecule has 1 heterocycles. The van der Waals surface area contributed by atoms with Gasteiger partial charge < -0.3 is 10.6 Å². The molecule has 0 fully saturated rings. The van der Waals surface area contributed by atoms with E-state index in [0.717, 1.165) is 12.0 Å². The number of hydrogen-bond donors (Lipinski definition) is 2. The summed E-state index contributed by atoms with van der Waals surface area (Å²) in [7, 11) is 0. The number of carbonyl (C=O) groups is 1. The molecule has 1 unspecified atom stereocenters. The molecule has 0 radical (unpaired) electrons. The van der Waals surface area contributed by atoms with Crippen LogP contribution in [0.2, 0.25) is 5.02 Å². The van der Waals surface area contributed by atoms with Gasteiger partial charge in [0.25, 0.3) is 5.91 Å². The SMILES string of the molecule is CCC(C)Nc1cc(C(=O)Nc2ccc(Cl)cc2C)nc(C)n1. The lowest BCUT2D eigenvalue weighted by atomic mass is 10.2. The van der Waals surface area contributed by atoms with Crippen molar-refractivity contribution < 1.29 is 4.79 Å². The van der Waals surface area contributed by atoms with E-state index in [2.05, 4.69) is 34.4 Å². The normalized spacial score (nSPS) is 11.9. The number of nitrogens with zero attached hydrogens (tertiary/aromatic N) is 2. The summed E-state index contributed by atoms with van der Waals surface area (Å²) in [5.41, 5.74) is 1.94. The van der Waals surface area contributed by atoms with Crippen LogP contribution in [0.4, 0.5) is 11.5 Å². The fourth-order valence-electron chi connectivity index (χ4n) is 2.07. The van der Waals surface area contributed by atoms with Gasteiger partial charge in [0.15, 0.2) is 0 Å². The Morgan fingerprint density at radius 2 is 2.00 bits per heavy atom. The molecule has 2 N–H and O–H groups in total. The molecule has 0 aliphatic carbocycles. The summed E-state index contributed by atoms with van der Waals surface area (Å²) >= 11 is 5.93. The zero-order chi connectivity index (χ0) is 17.0. The highest BCUT2D eigenvalue weighted by atomic mass is 35.5. The first-order valence-electron chi connectivity index (χ1n) is 7.58. The van der Waals surface area contributed by atoms with Crippen molar-refractivity contribution >= 4 is 29.0 Å². The van der Waals surface area contributed by atoms with Gasteiger partial charge in [-0.05, 0) is 51.0 Å². The maximum atomic E-state index is 12.4. The number of benzene rings is 1. The van der Waals surface area contributed by atoms with Gasteiger partial charge in [-0.25, -0.2) is 9.97 Å². The van der Waals surface area contributed by atoms with Crippen LogP contribution >= 0.6 is 11.6 Å². The average Bonchev–Trinajstić information content (AvgIpc) is 2.49. The van der Waals surface area contributed by atoms with Crippen LogP contribution in [0.5, 0.6) is 0 Å². The number of nitrogens with one attached hydrogen (secondary N) is 2. The summed E-state index contributed by atoms with van der Waals surface area (Å²) in [6.07, 6.45) is 0.967. The molecule has 0 aliphatic rings. The monoisotopic (exact) mass is 332 g/mol. The van der Waals surface area contributed by atoms with Crippen LogP contribution in [0.25, 0.3) is 0 Å². The minimum absolute atomic E-state index is 0.270. The van der Waals surface area contributed by atoms with Crippen molar-refractivity contribution in [2.24, 2.45) is 0 Å². The Morgan fingerprint density at radius 3 is 2.65 bits per heavy atom. The molecular formula is C17H21ClN4O. The molecule has 1 aromatic carbocycles. The van der Waals surface area contributed by atoms with Crippen LogP contribution < -0.4 is 10.6 Å². The van der Waals surface area contributed by atoms with Crippen LogP contribution in [-0.4, -0.2) is 21.9 Å². The molecule has 2 aromatic rings. The molecule has 0 aliphatic heterocycles. The van der Waals surface area contributed by atoms with Crippen molar-refractivity contribution in [3.8, 4) is 0 Å². The lowest BCUT2D eigenvalue weighted by molar-refractivity contribution is 0.102. The number of anilines is 2. The predicted molar refractivity (Wildman–Crippen MR) is 94.3 cm³/mol. The number of aryl methyl sites for hydroxylation is 2. The minimum Gasteiger partial charge on any atom is -0.368 e. The largest absolute Gasteiger partial charge is 0.368 e. The Kier molecular flexibility index (Phi) is 5.55. The molecule has 0 spiro atoms. The van der Waals surface area contributed by atoms with Gasteiger partial charge in [-0.15, -0.1) is 0 Å². The van der Waals surface area contributed by atoms with Gasteiger partial charge >= 0.3 is 0 Å². The third-order valence-electron chi connectivity index (χ3n) is 3.51. The van der Waals surface area contributed by atoms with Gasteiger partial charge in [-0.3, -0.25) is 4.79 Å². The third-order valence-corrected chi connectivity index (χ3v) is 3.75. The van der Waals surface area contributed by atoms with Crippen LogP contribution in [0.3, 0.4) is 0 Å². The molecule has 0 bridgehead atoms. The molecule has 1 amide bonds.